The highest BCUT2D eigenvalue weighted by Crippen LogP contribution is 2.51. The number of hydrogen-bond acceptors (Lipinski definition) is 9. The summed E-state index contributed by atoms with van der Waals surface area (Å²) in [6.07, 6.45) is 10.5. The van der Waals surface area contributed by atoms with Crippen molar-refractivity contribution in [3.8, 4) is 0 Å². The molecular formula is C35H40Br2Cl3N9. The number of nitrogens with zero attached hydrogens (tertiary/aromatic N) is 7. The van der Waals surface area contributed by atoms with Crippen LogP contribution in [0, 0.1) is 0 Å². The Morgan fingerprint density at radius 2 is 1.24 bits per heavy atom. The minimum Gasteiger partial charge on any atom is -0.368 e. The molecule has 4 aliphatic rings. The number of rotatable bonds is 1. The number of likely N-dealkylation sites (tertiary alicyclic amines) is 2. The molecule has 49 heavy (non-hydrogen) atoms. The summed E-state index contributed by atoms with van der Waals surface area (Å²) in [5.41, 5.74) is 17.4. The maximum absolute atomic E-state index is 6.39. The van der Waals surface area contributed by atoms with E-state index in [4.69, 9.17) is 46.3 Å². The molecule has 4 aromatic rings. The van der Waals surface area contributed by atoms with Gasteiger partial charge in [0.05, 0.1) is 17.4 Å². The van der Waals surface area contributed by atoms with Gasteiger partial charge in [-0.1, -0.05) is 78.8 Å². The van der Waals surface area contributed by atoms with Gasteiger partial charge in [0.1, 0.15) is 5.02 Å². The van der Waals surface area contributed by atoms with Gasteiger partial charge in [-0.05, 0) is 125 Å². The summed E-state index contributed by atoms with van der Waals surface area (Å²) in [5, 5.41) is 1.02. The second kappa shape index (κ2) is 15.2. The van der Waals surface area contributed by atoms with E-state index in [1.165, 1.54) is 55.0 Å². The lowest BCUT2D eigenvalue weighted by Crippen LogP contribution is -2.43. The molecule has 9 nitrogen and oxygen atoms in total. The molecule has 2 aromatic carbocycles. The molecule has 0 atom stereocenters. The van der Waals surface area contributed by atoms with Crippen LogP contribution in [0.4, 0.5) is 23.4 Å². The molecule has 0 bridgehead atoms. The van der Waals surface area contributed by atoms with Crippen molar-refractivity contribution in [3.05, 3.63) is 89.6 Å². The van der Waals surface area contributed by atoms with Crippen LogP contribution in [0.1, 0.15) is 48.8 Å². The minimum absolute atomic E-state index is 0.129. The number of nitrogens with two attached hydrogens (primary N) is 2. The van der Waals surface area contributed by atoms with Crippen LogP contribution in [0.2, 0.25) is 15.2 Å². The zero-order valence-electron chi connectivity index (χ0n) is 27.6. The first-order valence-electron chi connectivity index (χ1n) is 16.3. The summed E-state index contributed by atoms with van der Waals surface area (Å²) in [6, 6.07) is 13.4. The van der Waals surface area contributed by atoms with Crippen molar-refractivity contribution in [2.45, 2.75) is 49.4 Å². The quantitative estimate of drug-likeness (QED) is 0.183. The van der Waals surface area contributed by atoms with Crippen LogP contribution in [-0.2, 0) is 17.3 Å². The number of piperidine rings is 2. The van der Waals surface area contributed by atoms with E-state index in [1.807, 2.05) is 0 Å². The molecule has 0 amide bonds. The summed E-state index contributed by atoms with van der Waals surface area (Å²) < 4.78 is 2.28. The SMILES string of the molecule is CN1CCC2(CC1)CN(c1nc(N)ncc1Cl)c1cc(Br)ccc12.CN1CCC2(CCc3cc(Br)ccc32)CC1.Nc1ncc(Cl)c(Cl)n1. The monoisotopic (exact) mass is 849 g/mol. The van der Waals surface area contributed by atoms with Crippen molar-refractivity contribution in [2.24, 2.45) is 0 Å². The van der Waals surface area contributed by atoms with Gasteiger partial charge in [-0.3, -0.25) is 0 Å². The van der Waals surface area contributed by atoms with Gasteiger partial charge in [-0.15, -0.1) is 0 Å². The lowest BCUT2D eigenvalue weighted by Gasteiger charge is -2.38. The van der Waals surface area contributed by atoms with Gasteiger partial charge in [-0.2, -0.15) is 9.97 Å². The summed E-state index contributed by atoms with van der Waals surface area (Å²) in [6.45, 7) is 5.60. The Morgan fingerprint density at radius 1 is 0.694 bits per heavy atom. The molecule has 3 aliphatic heterocycles. The van der Waals surface area contributed by atoms with Gasteiger partial charge in [0.15, 0.2) is 11.0 Å². The van der Waals surface area contributed by atoms with Crippen molar-refractivity contribution in [1.29, 1.82) is 0 Å². The number of fused-ring (bicyclic) bond motifs is 4. The molecule has 260 valence electrons. The number of anilines is 4. The van der Waals surface area contributed by atoms with Crippen LogP contribution in [0.3, 0.4) is 0 Å². The topological polar surface area (TPSA) is 113 Å². The van der Waals surface area contributed by atoms with Gasteiger partial charge in [0.25, 0.3) is 0 Å². The molecule has 5 heterocycles. The smallest absolute Gasteiger partial charge is 0.222 e. The van der Waals surface area contributed by atoms with Gasteiger partial charge in [-0.25, -0.2) is 9.97 Å². The molecule has 4 N–H and O–H groups in total. The van der Waals surface area contributed by atoms with Crippen LogP contribution < -0.4 is 16.4 Å². The molecule has 2 spiro atoms. The van der Waals surface area contributed by atoms with Crippen molar-refractivity contribution in [1.82, 2.24) is 29.7 Å². The third kappa shape index (κ3) is 7.98. The van der Waals surface area contributed by atoms with E-state index in [-0.39, 0.29) is 22.5 Å². The number of aromatic nitrogens is 4. The summed E-state index contributed by atoms with van der Waals surface area (Å²) >= 11 is 24.5. The molecule has 1 aliphatic carbocycles. The van der Waals surface area contributed by atoms with Crippen LogP contribution in [0.25, 0.3) is 0 Å². The van der Waals surface area contributed by atoms with Crippen molar-refractivity contribution in [2.75, 3.05) is 63.2 Å². The number of nitrogen functional groups attached to an aromatic ring is 2. The minimum atomic E-state index is 0.129. The zero-order chi connectivity index (χ0) is 34.9. The second-order valence-electron chi connectivity index (χ2n) is 13.5. The molecule has 2 saturated heterocycles. The van der Waals surface area contributed by atoms with Crippen molar-refractivity contribution >= 4 is 90.1 Å². The summed E-state index contributed by atoms with van der Waals surface area (Å²) in [4.78, 5) is 22.6. The Morgan fingerprint density at radius 3 is 1.86 bits per heavy atom. The number of benzene rings is 2. The Kier molecular flexibility index (Phi) is 11.3. The van der Waals surface area contributed by atoms with Gasteiger partial charge >= 0.3 is 0 Å². The van der Waals surface area contributed by atoms with E-state index in [1.54, 1.807) is 17.3 Å². The predicted octanol–water partition coefficient (Wildman–Crippen LogP) is 8.31. The molecule has 8 rings (SSSR count). The first-order chi connectivity index (χ1) is 23.4. The maximum Gasteiger partial charge on any atom is 0.222 e. The Labute approximate surface area is 320 Å². The van der Waals surface area contributed by atoms with Gasteiger partial charge in [0, 0.05) is 26.6 Å². The highest BCUT2D eigenvalue weighted by Gasteiger charge is 2.45. The first-order valence-corrected chi connectivity index (χ1v) is 19.1. The Hall–Kier alpha value is -2.25. The highest BCUT2D eigenvalue weighted by molar-refractivity contribution is 9.10. The molecule has 2 aromatic heterocycles. The number of aryl methyl sites for hydroxylation is 1. The average Bonchev–Trinajstić information content (AvgIpc) is 3.58. The normalized spacial score (nSPS) is 19.1. The Balaban J connectivity index is 0.000000143. The summed E-state index contributed by atoms with van der Waals surface area (Å²) in [7, 11) is 4.42. The largest absolute Gasteiger partial charge is 0.368 e. The van der Waals surface area contributed by atoms with Gasteiger partial charge in [0.2, 0.25) is 11.9 Å². The number of halogens is 5. The standard InChI is InChI=1S/C17H19BrClN5.C14H18BrN.C4H3Cl2N3/c1-23-6-4-17(5-7-23)10-24(14-8-11(18)2-3-12(14)17)15-13(19)9-21-16(20)22-15;1-16-8-6-14(7-9-16)5-4-11-10-12(15)2-3-13(11)14;5-2-1-8-4(7)9-3(2)6/h2-3,8-9H,4-7,10H2,1H3,(H2,20,21,22);2-3,10H,4-9H2,1H3;1H,(H2,7,8,9). The van der Waals surface area contributed by atoms with E-state index >= 15 is 0 Å². The molecule has 0 saturated carbocycles. The summed E-state index contributed by atoms with van der Waals surface area (Å²) in [5.74, 6) is 1.07. The Bertz CT molecular complexity index is 1810. The first kappa shape index (κ1) is 36.5. The van der Waals surface area contributed by atoms with Crippen LogP contribution in [0.15, 0.2) is 57.7 Å². The molecular weight excluding hydrogens is 813 g/mol. The molecule has 0 radical (unpaired) electrons. The molecule has 2 fully saturated rings. The molecule has 0 unspecified atom stereocenters. The fourth-order valence-electron chi connectivity index (χ4n) is 7.59. The van der Waals surface area contributed by atoms with E-state index in [2.05, 4.69) is 117 Å². The lowest BCUT2D eigenvalue weighted by atomic mass is 9.74. The van der Waals surface area contributed by atoms with E-state index in [0.717, 1.165) is 42.6 Å². The van der Waals surface area contributed by atoms with Crippen molar-refractivity contribution in [3.63, 3.8) is 0 Å². The number of hydrogen-bond donors (Lipinski definition) is 2. The predicted molar refractivity (Wildman–Crippen MR) is 208 cm³/mol. The van der Waals surface area contributed by atoms with E-state index in [9.17, 15) is 0 Å². The second-order valence-corrected chi connectivity index (χ2v) is 16.5. The highest BCUT2D eigenvalue weighted by atomic mass is 79.9. The van der Waals surface area contributed by atoms with Crippen LogP contribution in [-0.4, -0.2) is 76.6 Å². The van der Waals surface area contributed by atoms with Crippen molar-refractivity contribution < 1.29 is 0 Å². The van der Waals surface area contributed by atoms with Gasteiger partial charge < -0.3 is 26.2 Å². The fraction of sp³-hybridized carbons (Fsp3) is 0.429. The fourth-order valence-corrected chi connectivity index (χ4v) is 8.77. The maximum atomic E-state index is 6.39. The van der Waals surface area contributed by atoms with Crippen LogP contribution in [0.5, 0.6) is 0 Å². The average molecular weight is 853 g/mol. The van der Waals surface area contributed by atoms with E-state index < -0.39 is 0 Å². The third-order valence-electron chi connectivity index (χ3n) is 10.4. The van der Waals surface area contributed by atoms with E-state index in [0.29, 0.717) is 21.3 Å². The molecule has 14 heteroatoms. The lowest BCUT2D eigenvalue weighted by molar-refractivity contribution is 0.187. The third-order valence-corrected chi connectivity index (χ3v) is 12.3. The zero-order valence-corrected chi connectivity index (χ0v) is 33.0. The van der Waals surface area contributed by atoms with Crippen LogP contribution >= 0.6 is 66.7 Å².